The molecule has 202 valence electrons. The number of aliphatic hydroxyl groups is 1. The monoisotopic (exact) mass is 516 g/mol. The molecule has 2 aromatic rings. The van der Waals surface area contributed by atoms with E-state index in [1.165, 1.54) is 17.7 Å². The largest absolute Gasteiger partial charge is 0.465 e. The molecule has 1 saturated heterocycles. The number of ether oxygens (including phenoxy) is 2. The summed E-state index contributed by atoms with van der Waals surface area (Å²) in [5.74, 6) is -1.09. The van der Waals surface area contributed by atoms with Crippen LogP contribution in [0.15, 0.2) is 24.3 Å². The minimum Gasteiger partial charge on any atom is -0.465 e. The van der Waals surface area contributed by atoms with Crippen molar-refractivity contribution >= 4 is 23.3 Å². The van der Waals surface area contributed by atoms with Gasteiger partial charge in [-0.1, -0.05) is 24.3 Å². The van der Waals surface area contributed by atoms with Crippen LogP contribution in [0.3, 0.4) is 0 Å². The van der Waals surface area contributed by atoms with Crippen molar-refractivity contribution in [2.75, 3.05) is 43.5 Å². The topological polar surface area (TPSA) is 157 Å². The van der Waals surface area contributed by atoms with Crippen LogP contribution in [0.5, 0.6) is 6.01 Å². The summed E-state index contributed by atoms with van der Waals surface area (Å²) in [6.45, 7) is 7.96. The predicted molar refractivity (Wildman–Crippen MR) is 138 cm³/mol. The van der Waals surface area contributed by atoms with E-state index >= 15 is 0 Å². The summed E-state index contributed by atoms with van der Waals surface area (Å²) in [7, 11) is 0. The first-order valence-corrected chi connectivity index (χ1v) is 12.4. The van der Waals surface area contributed by atoms with Gasteiger partial charge in [0, 0.05) is 19.5 Å². The fourth-order valence-electron chi connectivity index (χ4n) is 4.11. The quantitative estimate of drug-likeness (QED) is 0.229. The fourth-order valence-corrected chi connectivity index (χ4v) is 4.11. The van der Waals surface area contributed by atoms with Gasteiger partial charge in [-0.15, -0.1) is 0 Å². The molecule has 12 heteroatoms. The van der Waals surface area contributed by atoms with E-state index in [0.717, 1.165) is 30.8 Å². The van der Waals surface area contributed by atoms with Gasteiger partial charge in [0.1, 0.15) is 6.54 Å². The number of benzene rings is 1. The van der Waals surface area contributed by atoms with Crippen LogP contribution in [0, 0.1) is 10.1 Å². The Kier molecular flexibility index (Phi) is 9.59. The Bertz CT molecular complexity index is 1080. The van der Waals surface area contributed by atoms with Crippen molar-refractivity contribution in [3.8, 4) is 6.01 Å². The summed E-state index contributed by atoms with van der Waals surface area (Å²) in [6.07, 6.45) is 2.65. The highest BCUT2D eigenvalue weighted by atomic mass is 16.6. The number of nitrogens with two attached hydrogens (primary N) is 1. The number of carbonyl (C=O) groups excluding carboxylic acids is 1. The van der Waals surface area contributed by atoms with E-state index in [1.807, 2.05) is 24.3 Å². The molecule has 0 radical (unpaired) electrons. The summed E-state index contributed by atoms with van der Waals surface area (Å²) in [5, 5.41) is 21.9. The number of hydrogen-bond donors (Lipinski definition) is 2. The fraction of sp³-hybridized carbons (Fsp3) is 0.560. The van der Waals surface area contributed by atoms with E-state index in [1.54, 1.807) is 20.8 Å². The molecular weight excluding hydrogens is 480 g/mol. The number of carbonyl (C=O) groups is 1. The summed E-state index contributed by atoms with van der Waals surface area (Å²) >= 11 is 0. The molecule has 3 rings (SSSR count). The first kappa shape index (κ1) is 28.1. The van der Waals surface area contributed by atoms with Crippen molar-refractivity contribution in [2.24, 2.45) is 0 Å². The number of nitro groups is 1. The number of esters is 1. The summed E-state index contributed by atoms with van der Waals surface area (Å²) < 4.78 is 10.7. The first-order chi connectivity index (χ1) is 17.6. The molecule has 1 aromatic heterocycles. The lowest BCUT2D eigenvalue weighted by Gasteiger charge is -2.24. The Morgan fingerprint density at radius 2 is 1.97 bits per heavy atom. The summed E-state index contributed by atoms with van der Waals surface area (Å²) in [4.78, 5) is 35.8. The lowest BCUT2D eigenvalue weighted by atomic mass is 10.1. The molecule has 0 amide bonds. The van der Waals surface area contributed by atoms with Gasteiger partial charge in [-0.3, -0.25) is 19.8 Å². The van der Waals surface area contributed by atoms with Crippen molar-refractivity contribution in [3.63, 3.8) is 0 Å². The van der Waals surface area contributed by atoms with Crippen LogP contribution >= 0.6 is 0 Å². The van der Waals surface area contributed by atoms with Gasteiger partial charge in [-0.2, -0.15) is 9.97 Å². The van der Waals surface area contributed by atoms with E-state index in [4.69, 9.17) is 15.2 Å². The van der Waals surface area contributed by atoms with E-state index in [-0.39, 0.29) is 50.4 Å². The molecular formula is C25H36N6O6. The van der Waals surface area contributed by atoms with Gasteiger partial charge in [0.2, 0.25) is 11.6 Å². The SMILES string of the molecule is CCOC(=O)CN(Cc1cccc(CN2CCCC2)c1)c1nc(OCCC(C)(C)O)nc(N)c1[N+](=O)[O-]. The average molecular weight is 517 g/mol. The lowest BCUT2D eigenvalue weighted by molar-refractivity contribution is -0.383. The number of aromatic nitrogens is 2. The maximum absolute atomic E-state index is 12.5. The van der Waals surface area contributed by atoms with Crippen molar-refractivity contribution in [3.05, 3.63) is 45.5 Å². The summed E-state index contributed by atoms with van der Waals surface area (Å²) in [6, 6.07) is 7.70. The van der Waals surface area contributed by atoms with Crippen LogP contribution in [-0.2, 0) is 22.6 Å². The number of rotatable bonds is 13. The third-order valence-electron chi connectivity index (χ3n) is 5.89. The maximum atomic E-state index is 12.5. The molecule has 12 nitrogen and oxygen atoms in total. The molecule has 2 heterocycles. The van der Waals surface area contributed by atoms with Gasteiger partial charge in [0.25, 0.3) is 0 Å². The number of anilines is 2. The highest BCUT2D eigenvalue weighted by molar-refractivity contribution is 5.78. The Labute approximate surface area is 216 Å². The van der Waals surface area contributed by atoms with E-state index in [9.17, 15) is 20.0 Å². The van der Waals surface area contributed by atoms with Crippen LogP contribution < -0.4 is 15.4 Å². The molecule has 0 atom stereocenters. The van der Waals surface area contributed by atoms with Gasteiger partial charge in [-0.05, 0) is 57.8 Å². The average Bonchev–Trinajstić information content (AvgIpc) is 3.30. The highest BCUT2D eigenvalue weighted by Crippen LogP contribution is 2.34. The number of likely N-dealkylation sites (tertiary alicyclic amines) is 1. The molecule has 0 saturated carbocycles. The third kappa shape index (κ3) is 8.53. The number of hydrogen-bond acceptors (Lipinski definition) is 11. The zero-order valence-corrected chi connectivity index (χ0v) is 21.7. The molecule has 1 aliphatic rings. The lowest BCUT2D eigenvalue weighted by Crippen LogP contribution is -2.32. The number of nitrogens with zero attached hydrogens (tertiary/aromatic N) is 5. The molecule has 1 aliphatic heterocycles. The molecule has 0 bridgehead atoms. The second-order valence-corrected chi connectivity index (χ2v) is 9.70. The highest BCUT2D eigenvalue weighted by Gasteiger charge is 2.30. The van der Waals surface area contributed by atoms with Gasteiger partial charge in [-0.25, -0.2) is 0 Å². The predicted octanol–water partition coefficient (Wildman–Crippen LogP) is 2.67. The van der Waals surface area contributed by atoms with Crippen LogP contribution in [0.1, 0.15) is 51.2 Å². The molecule has 0 unspecified atom stereocenters. The van der Waals surface area contributed by atoms with Gasteiger partial charge in [0.15, 0.2) is 0 Å². The van der Waals surface area contributed by atoms with Crippen LogP contribution in [0.2, 0.25) is 0 Å². The molecule has 0 aliphatic carbocycles. The summed E-state index contributed by atoms with van der Waals surface area (Å²) in [5.41, 5.74) is 6.40. The van der Waals surface area contributed by atoms with Crippen molar-refractivity contribution in [1.29, 1.82) is 0 Å². The van der Waals surface area contributed by atoms with Crippen LogP contribution in [0.4, 0.5) is 17.3 Å². The Morgan fingerprint density at radius 1 is 1.27 bits per heavy atom. The van der Waals surface area contributed by atoms with E-state index in [0.29, 0.717) is 0 Å². The Morgan fingerprint density at radius 3 is 2.62 bits per heavy atom. The molecule has 3 N–H and O–H groups in total. The number of nitrogen functional groups attached to an aromatic ring is 1. The Balaban J connectivity index is 1.93. The minimum absolute atomic E-state index is 0.0661. The van der Waals surface area contributed by atoms with Gasteiger partial charge >= 0.3 is 17.7 Å². The van der Waals surface area contributed by atoms with Crippen LogP contribution in [0.25, 0.3) is 0 Å². The molecule has 0 spiro atoms. The minimum atomic E-state index is -0.981. The second-order valence-electron chi connectivity index (χ2n) is 9.70. The third-order valence-corrected chi connectivity index (χ3v) is 5.89. The standard InChI is InChI=1S/C25H36N6O6/c1-4-36-20(32)17-30(16-19-9-7-8-18(14-19)15-29-11-5-6-12-29)23-21(31(34)35)22(26)27-24(28-23)37-13-10-25(2,3)33/h7-9,14,33H,4-6,10-13,15-17H2,1-3H3,(H2,26,27,28). The van der Waals surface area contributed by atoms with Crippen molar-refractivity contribution < 1.29 is 24.3 Å². The maximum Gasteiger partial charge on any atom is 0.353 e. The second kappa shape index (κ2) is 12.6. The van der Waals surface area contributed by atoms with Crippen molar-refractivity contribution in [1.82, 2.24) is 14.9 Å². The van der Waals surface area contributed by atoms with Gasteiger partial charge < -0.3 is 25.2 Å². The normalized spacial score (nSPS) is 13.9. The van der Waals surface area contributed by atoms with E-state index in [2.05, 4.69) is 14.9 Å². The molecule has 1 aromatic carbocycles. The Hall–Kier alpha value is -3.51. The molecule has 37 heavy (non-hydrogen) atoms. The smallest absolute Gasteiger partial charge is 0.353 e. The first-order valence-electron chi connectivity index (χ1n) is 12.4. The molecule has 1 fully saturated rings. The van der Waals surface area contributed by atoms with Crippen molar-refractivity contribution in [2.45, 2.75) is 58.7 Å². The zero-order chi connectivity index (χ0) is 27.0. The zero-order valence-electron chi connectivity index (χ0n) is 21.7. The van der Waals surface area contributed by atoms with E-state index < -0.39 is 22.2 Å². The van der Waals surface area contributed by atoms with Crippen LogP contribution in [-0.4, -0.2) is 69.3 Å². The van der Waals surface area contributed by atoms with Gasteiger partial charge in [0.05, 0.1) is 23.7 Å².